The maximum absolute atomic E-state index is 11.5. The molecule has 0 bridgehead atoms. The highest BCUT2D eigenvalue weighted by molar-refractivity contribution is 6.32. The lowest BCUT2D eigenvalue weighted by molar-refractivity contribution is 0.557. The fourth-order valence-corrected chi connectivity index (χ4v) is 3.33. The maximum atomic E-state index is 11.5. The van der Waals surface area contributed by atoms with E-state index in [1.54, 1.807) is 36.7 Å². The number of rotatable bonds is 5. The summed E-state index contributed by atoms with van der Waals surface area (Å²) in [6, 6.07) is 14.2. The molecule has 9 nitrogen and oxygen atoms in total. The van der Waals surface area contributed by atoms with Gasteiger partial charge in [0.2, 0.25) is 17.3 Å². The third-order valence-corrected chi connectivity index (χ3v) is 4.88. The van der Waals surface area contributed by atoms with Crippen LogP contribution in [-0.4, -0.2) is 34.9 Å². The van der Waals surface area contributed by atoms with Crippen LogP contribution in [0.25, 0.3) is 40.7 Å². The third-order valence-electron chi connectivity index (χ3n) is 4.56. The first-order valence-corrected chi connectivity index (χ1v) is 9.88. The van der Waals surface area contributed by atoms with Gasteiger partial charge in [-0.3, -0.25) is 14.3 Å². The highest BCUT2D eigenvalue weighted by atomic mass is 35.5. The Morgan fingerprint density at radius 3 is 2.59 bits per heavy atom. The minimum absolute atomic E-state index is 0.237. The minimum atomic E-state index is -0.255. The molecule has 4 aromatic heterocycles. The third kappa shape index (κ3) is 3.84. The number of aromatic nitrogens is 7. The minimum Gasteiger partial charge on any atom is -0.417 e. The summed E-state index contributed by atoms with van der Waals surface area (Å²) in [7, 11) is 0. The summed E-state index contributed by atoms with van der Waals surface area (Å²) in [5.41, 5.74) is 1.83. The Bertz CT molecular complexity index is 1470. The van der Waals surface area contributed by atoms with Gasteiger partial charge in [0.05, 0.1) is 10.7 Å². The fourth-order valence-electron chi connectivity index (χ4n) is 3.10. The molecule has 10 heteroatoms. The van der Waals surface area contributed by atoms with Crippen molar-refractivity contribution in [2.45, 2.75) is 0 Å². The second-order valence-electron chi connectivity index (χ2n) is 6.62. The van der Waals surface area contributed by atoms with E-state index in [0.717, 1.165) is 11.3 Å². The van der Waals surface area contributed by atoms with E-state index in [0.29, 0.717) is 22.2 Å². The Morgan fingerprint density at radius 2 is 1.78 bits per heavy atom. The van der Waals surface area contributed by atoms with Gasteiger partial charge in [-0.15, -0.1) is 20.4 Å². The van der Waals surface area contributed by atoms with Crippen molar-refractivity contribution in [3.05, 3.63) is 94.2 Å². The molecule has 156 valence electrons. The molecule has 0 unspecified atom stereocenters. The summed E-state index contributed by atoms with van der Waals surface area (Å²) in [6.45, 7) is 0. The summed E-state index contributed by atoms with van der Waals surface area (Å²) in [5, 5.41) is 17.2. The number of nitrogens with zero attached hydrogens (tertiary/aromatic N) is 6. The Kier molecular flexibility index (Phi) is 5.14. The van der Waals surface area contributed by atoms with Crippen LogP contribution in [0.15, 0.2) is 76.3 Å². The van der Waals surface area contributed by atoms with Crippen LogP contribution in [0.2, 0.25) is 5.02 Å². The number of halogens is 1. The molecule has 0 aliphatic carbocycles. The SMILES string of the molecule is O=c1cc(-c2nnc(/C=C/c3nnc(-c4ccncc4)n3-c3ccccc3Cl)o2)cc[nH]1. The molecule has 0 aliphatic rings. The number of hydrogen-bond donors (Lipinski definition) is 1. The first-order chi connectivity index (χ1) is 15.7. The normalized spacial score (nSPS) is 11.3. The lowest BCUT2D eigenvalue weighted by Crippen LogP contribution is -2.01. The molecule has 0 saturated carbocycles. The van der Waals surface area contributed by atoms with Gasteiger partial charge in [0.1, 0.15) is 0 Å². The lowest BCUT2D eigenvalue weighted by Gasteiger charge is -2.10. The molecule has 1 aromatic carbocycles. The molecule has 0 radical (unpaired) electrons. The van der Waals surface area contributed by atoms with E-state index in [1.165, 1.54) is 12.3 Å². The second-order valence-corrected chi connectivity index (χ2v) is 7.03. The molecule has 0 aliphatic heterocycles. The Hall–Kier alpha value is -4.37. The van der Waals surface area contributed by atoms with Gasteiger partial charge in [-0.05, 0) is 36.4 Å². The molecule has 0 fully saturated rings. The number of hydrogen-bond acceptors (Lipinski definition) is 7. The van der Waals surface area contributed by atoms with E-state index in [1.807, 2.05) is 34.9 Å². The van der Waals surface area contributed by atoms with Gasteiger partial charge in [0, 0.05) is 41.9 Å². The van der Waals surface area contributed by atoms with Crippen molar-refractivity contribution >= 4 is 23.8 Å². The average Bonchev–Trinajstić information content (AvgIpc) is 3.46. The van der Waals surface area contributed by atoms with E-state index in [9.17, 15) is 4.79 Å². The summed E-state index contributed by atoms with van der Waals surface area (Å²) in [5.74, 6) is 1.61. The molecule has 0 saturated heterocycles. The van der Waals surface area contributed by atoms with Crippen molar-refractivity contribution in [1.82, 2.24) is 34.9 Å². The van der Waals surface area contributed by atoms with Gasteiger partial charge in [-0.2, -0.15) is 0 Å². The van der Waals surface area contributed by atoms with Crippen LogP contribution < -0.4 is 5.56 Å². The summed E-state index contributed by atoms with van der Waals surface area (Å²) in [6.07, 6.45) is 8.22. The topological polar surface area (TPSA) is 115 Å². The summed E-state index contributed by atoms with van der Waals surface area (Å²) in [4.78, 5) is 18.1. The van der Waals surface area contributed by atoms with Crippen molar-refractivity contribution in [2.24, 2.45) is 0 Å². The molecule has 32 heavy (non-hydrogen) atoms. The zero-order valence-electron chi connectivity index (χ0n) is 16.4. The van der Waals surface area contributed by atoms with E-state index >= 15 is 0 Å². The molecular weight excluding hydrogens is 430 g/mol. The predicted octanol–water partition coefficient (Wildman–Crippen LogP) is 3.89. The highest BCUT2D eigenvalue weighted by Gasteiger charge is 2.16. The fraction of sp³-hybridized carbons (Fsp3) is 0. The van der Waals surface area contributed by atoms with Crippen molar-refractivity contribution in [3.63, 3.8) is 0 Å². The smallest absolute Gasteiger partial charge is 0.248 e. The predicted molar refractivity (Wildman–Crippen MR) is 119 cm³/mol. The Balaban J connectivity index is 1.55. The van der Waals surface area contributed by atoms with E-state index < -0.39 is 0 Å². The molecular formula is C22H14ClN7O2. The Labute approximate surface area is 186 Å². The van der Waals surface area contributed by atoms with Crippen LogP contribution in [0.4, 0.5) is 0 Å². The van der Waals surface area contributed by atoms with Gasteiger partial charge in [0.15, 0.2) is 11.6 Å². The molecule has 5 rings (SSSR count). The molecule has 0 spiro atoms. The zero-order valence-corrected chi connectivity index (χ0v) is 17.1. The van der Waals surface area contributed by atoms with Crippen LogP contribution in [0, 0.1) is 0 Å². The van der Waals surface area contributed by atoms with Crippen LogP contribution in [-0.2, 0) is 0 Å². The molecule has 1 N–H and O–H groups in total. The highest BCUT2D eigenvalue weighted by Crippen LogP contribution is 2.28. The standard InChI is InChI=1S/C22H14ClN7O2/c23-16-3-1-2-4-17(16)30-18(26-28-21(30)14-7-10-24-11-8-14)5-6-20-27-29-22(32-20)15-9-12-25-19(31)13-15/h1-13H,(H,25,31)/b6-5+. The second kappa shape index (κ2) is 8.40. The number of para-hydroxylation sites is 1. The Morgan fingerprint density at radius 1 is 0.938 bits per heavy atom. The van der Waals surface area contributed by atoms with Gasteiger partial charge in [-0.1, -0.05) is 23.7 Å². The van der Waals surface area contributed by atoms with Gasteiger partial charge in [0.25, 0.3) is 0 Å². The quantitative estimate of drug-likeness (QED) is 0.438. The van der Waals surface area contributed by atoms with Crippen LogP contribution in [0.3, 0.4) is 0 Å². The summed E-state index contributed by atoms with van der Waals surface area (Å²) < 4.78 is 7.49. The van der Waals surface area contributed by atoms with E-state index in [-0.39, 0.29) is 17.3 Å². The van der Waals surface area contributed by atoms with Crippen molar-refractivity contribution < 1.29 is 4.42 Å². The average molecular weight is 444 g/mol. The molecule has 0 amide bonds. The molecule has 5 aromatic rings. The van der Waals surface area contributed by atoms with Crippen LogP contribution >= 0.6 is 11.6 Å². The zero-order chi connectivity index (χ0) is 21.9. The number of benzene rings is 1. The number of aromatic amines is 1. The first kappa shape index (κ1) is 19.6. The van der Waals surface area contributed by atoms with Crippen LogP contribution in [0.1, 0.15) is 11.7 Å². The first-order valence-electron chi connectivity index (χ1n) is 9.50. The maximum Gasteiger partial charge on any atom is 0.248 e. The lowest BCUT2D eigenvalue weighted by atomic mass is 10.2. The van der Waals surface area contributed by atoms with Crippen molar-refractivity contribution in [1.29, 1.82) is 0 Å². The van der Waals surface area contributed by atoms with E-state index in [2.05, 4.69) is 30.4 Å². The number of pyridine rings is 2. The van der Waals surface area contributed by atoms with E-state index in [4.69, 9.17) is 16.0 Å². The monoisotopic (exact) mass is 443 g/mol. The number of nitrogens with one attached hydrogen (secondary N) is 1. The summed E-state index contributed by atoms with van der Waals surface area (Å²) >= 11 is 6.47. The van der Waals surface area contributed by atoms with Crippen molar-refractivity contribution in [2.75, 3.05) is 0 Å². The van der Waals surface area contributed by atoms with Crippen LogP contribution in [0.5, 0.6) is 0 Å². The number of H-pyrrole nitrogens is 1. The van der Waals surface area contributed by atoms with Crippen molar-refractivity contribution in [3.8, 4) is 28.5 Å². The molecule has 0 atom stereocenters. The largest absolute Gasteiger partial charge is 0.417 e. The molecule has 4 heterocycles. The van der Waals surface area contributed by atoms with Gasteiger partial charge in [-0.25, -0.2) is 0 Å². The van der Waals surface area contributed by atoms with Gasteiger partial charge >= 0.3 is 0 Å². The van der Waals surface area contributed by atoms with Gasteiger partial charge < -0.3 is 9.40 Å².